The summed E-state index contributed by atoms with van der Waals surface area (Å²) in [6.07, 6.45) is -0.0933. The molecule has 0 bridgehead atoms. The number of carbonyl (C=O) groups excluding carboxylic acids is 3. The Morgan fingerprint density at radius 1 is 1.08 bits per heavy atom. The Morgan fingerprint density at radius 3 is 2.19 bits per heavy atom. The van der Waals surface area contributed by atoms with Crippen molar-refractivity contribution >= 4 is 18.0 Å². The van der Waals surface area contributed by atoms with Crippen molar-refractivity contribution in [1.82, 2.24) is 9.80 Å². The number of rotatable bonds is 5. The van der Waals surface area contributed by atoms with E-state index in [-0.39, 0.29) is 5.91 Å². The minimum atomic E-state index is -0.721. The molecule has 0 aromatic heterocycles. The zero-order valence-electron chi connectivity index (χ0n) is 15.1. The van der Waals surface area contributed by atoms with Crippen molar-refractivity contribution in [2.45, 2.75) is 26.3 Å². The number of benzene rings is 1. The molecule has 1 aromatic rings. The number of nitrogens with two attached hydrogens (primary N) is 1. The molecule has 2 rings (SSSR count). The number of nitrogens with zero attached hydrogens (tertiary/aromatic N) is 2. The van der Waals surface area contributed by atoms with Crippen LogP contribution in [0.3, 0.4) is 0 Å². The van der Waals surface area contributed by atoms with Gasteiger partial charge in [0.1, 0.15) is 11.8 Å². The standard InChI is InChI=1S/C18H25N3O5/c1-3-25-17(23)16(19)12-14-4-6-15(7-5-14)26-18(24)21-10-8-20(9-11-21)13(2)22/h4-7,16H,3,8-12,19H2,1-2H3/t16-/m0/s1. The van der Waals surface area contributed by atoms with E-state index in [0.29, 0.717) is 45.0 Å². The smallest absolute Gasteiger partial charge is 0.415 e. The monoisotopic (exact) mass is 363 g/mol. The molecule has 1 heterocycles. The summed E-state index contributed by atoms with van der Waals surface area (Å²) in [6.45, 7) is 5.46. The maximum absolute atomic E-state index is 12.2. The number of esters is 1. The number of hydrogen-bond acceptors (Lipinski definition) is 6. The Labute approximate surface area is 152 Å². The highest BCUT2D eigenvalue weighted by molar-refractivity contribution is 5.76. The van der Waals surface area contributed by atoms with E-state index in [1.165, 1.54) is 6.92 Å². The van der Waals surface area contributed by atoms with Crippen molar-refractivity contribution < 1.29 is 23.9 Å². The molecule has 0 aliphatic carbocycles. The molecule has 1 fully saturated rings. The molecule has 0 unspecified atom stereocenters. The highest BCUT2D eigenvalue weighted by Crippen LogP contribution is 2.15. The SMILES string of the molecule is CCOC(=O)[C@@H](N)Cc1ccc(OC(=O)N2CCN(C(C)=O)CC2)cc1. The molecule has 1 aliphatic heterocycles. The van der Waals surface area contributed by atoms with Crippen molar-refractivity contribution in [3.05, 3.63) is 29.8 Å². The average Bonchev–Trinajstić information content (AvgIpc) is 2.63. The number of piperazine rings is 1. The second kappa shape index (κ2) is 9.19. The van der Waals surface area contributed by atoms with Crippen LogP contribution in [0.15, 0.2) is 24.3 Å². The van der Waals surface area contributed by atoms with E-state index in [2.05, 4.69) is 0 Å². The van der Waals surface area contributed by atoms with E-state index in [9.17, 15) is 14.4 Å². The fourth-order valence-corrected chi connectivity index (χ4v) is 2.65. The summed E-state index contributed by atoms with van der Waals surface area (Å²) in [5, 5.41) is 0. The summed E-state index contributed by atoms with van der Waals surface area (Å²) in [6, 6.07) is 6.12. The van der Waals surface area contributed by atoms with Crippen LogP contribution >= 0.6 is 0 Å². The van der Waals surface area contributed by atoms with Crippen molar-refractivity contribution in [2.24, 2.45) is 5.73 Å². The topological polar surface area (TPSA) is 102 Å². The molecule has 0 saturated carbocycles. The van der Waals surface area contributed by atoms with Gasteiger partial charge in [0.2, 0.25) is 5.91 Å². The number of amides is 2. The fraction of sp³-hybridized carbons (Fsp3) is 0.500. The molecular formula is C18H25N3O5. The molecule has 1 aromatic carbocycles. The van der Waals surface area contributed by atoms with Crippen LogP contribution in [-0.4, -0.2) is 66.6 Å². The Bertz CT molecular complexity index is 639. The van der Waals surface area contributed by atoms with Gasteiger partial charge >= 0.3 is 12.1 Å². The highest BCUT2D eigenvalue weighted by Gasteiger charge is 2.23. The third kappa shape index (κ3) is 5.45. The first-order chi connectivity index (χ1) is 12.4. The summed E-state index contributed by atoms with van der Waals surface area (Å²) < 4.78 is 10.2. The van der Waals surface area contributed by atoms with Crippen LogP contribution in [0.4, 0.5) is 4.79 Å². The Balaban J connectivity index is 1.84. The van der Waals surface area contributed by atoms with Crippen molar-refractivity contribution in [3.8, 4) is 5.75 Å². The molecule has 1 saturated heterocycles. The summed E-state index contributed by atoms with van der Waals surface area (Å²) in [5.74, 6) is -0.0141. The maximum atomic E-state index is 12.2. The number of carbonyl (C=O) groups is 3. The van der Waals surface area contributed by atoms with Gasteiger partial charge in [-0.05, 0) is 31.0 Å². The van der Waals surface area contributed by atoms with Gasteiger partial charge in [0.25, 0.3) is 0 Å². The lowest BCUT2D eigenvalue weighted by molar-refractivity contribution is -0.144. The maximum Gasteiger partial charge on any atom is 0.415 e. The van der Waals surface area contributed by atoms with Gasteiger partial charge < -0.3 is 25.0 Å². The van der Waals surface area contributed by atoms with Crippen LogP contribution in [0.1, 0.15) is 19.4 Å². The predicted molar refractivity (Wildman–Crippen MR) is 94.6 cm³/mol. The molecule has 1 atom stereocenters. The summed E-state index contributed by atoms with van der Waals surface area (Å²) in [7, 11) is 0. The van der Waals surface area contributed by atoms with Gasteiger partial charge in [-0.25, -0.2) is 4.79 Å². The van der Waals surface area contributed by atoms with Gasteiger partial charge in [-0.3, -0.25) is 9.59 Å². The van der Waals surface area contributed by atoms with Crippen molar-refractivity contribution in [2.75, 3.05) is 32.8 Å². The third-order valence-electron chi connectivity index (χ3n) is 4.16. The van der Waals surface area contributed by atoms with E-state index >= 15 is 0 Å². The molecule has 0 spiro atoms. The molecule has 142 valence electrons. The lowest BCUT2D eigenvalue weighted by Crippen LogP contribution is -2.50. The van der Waals surface area contributed by atoms with Crippen molar-refractivity contribution in [3.63, 3.8) is 0 Å². The Morgan fingerprint density at radius 2 is 1.65 bits per heavy atom. The molecule has 1 aliphatic rings. The first-order valence-corrected chi connectivity index (χ1v) is 8.64. The largest absolute Gasteiger partial charge is 0.465 e. The van der Waals surface area contributed by atoms with E-state index in [4.69, 9.17) is 15.2 Å². The zero-order valence-corrected chi connectivity index (χ0v) is 15.1. The van der Waals surface area contributed by atoms with E-state index in [1.54, 1.807) is 41.0 Å². The lowest BCUT2D eigenvalue weighted by atomic mass is 10.1. The third-order valence-corrected chi connectivity index (χ3v) is 4.16. The van der Waals surface area contributed by atoms with Gasteiger partial charge in [-0.1, -0.05) is 12.1 Å². The van der Waals surface area contributed by atoms with E-state index in [0.717, 1.165) is 5.56 Å². The summed E-state index contributed by atoms with van der Waals surface area (Å²) in [5.41, 5.74) is 6.64. The zero-order chi connectivity index (χ0) is 19.1. The molecule has 0 radical (unpaired) electrons. The number of ether oxygens (including phenoxy) is 2. The van der Waals surface area contributed by atoms with Gasteiger partial charge in [0.15, 0.2) is 0 Å². The van der Waals surface area contributed by atoms with Crippen LogP contribution in [0.2, 0.25) is 0 Å². The van der Waals surface area contributed by atoms with Crippen LogP contribution in [-0.2, 0) is 20.7 Å². The van der Waals surface area contributed by atoms with Crippen LogP contribution in [0.25, 0.3) is 0 Å². The fourth-order valence-electron chi connectivity index (χ4n) is 2.65. The summed E-state index contributed by atoms with van der Waals surface area (Å²) >= 11 is 0. The first kappa shape index (κ1) is 19.7. The van der Waals surface area contributed by atoms with Gasteiger partial charge in [0, 0.05) is 33.1 Å². The Hall–Kier alpha value is -2.61. The van der Waals surface area contributed by atoms with Gasteiger partial charge in [-0.15, -0.1) is 0 Å². The molecule has 2 N–H and O–H groups in total. The highest BCUT2D eigenvalue weighted by atomic mass is 16.6. The van der Waals surface area contributed by atoms with E-state index in [1.807, 2.05) is 0 Å². The first-order valence-electron chi connectivity index (χ1n) is 8.64. The molecule has 8 nitrogen and oxygen atoms in total. The predicted octanol–water partition coefficient (Wildman–Crippen LogP) is 0.782. The normalized spacial score (nSPS) is 15.3. The van der Waals surface area contributed by atoms with Crippen molar-refractivity contribution in [1.29, 1.82) is 0 Å². The quantitative estimate of drug-likeness (QED) is 0.776. The summed E-state index contributed by atoms with van der Waals surface area (Å²) in [4.78, 5) is 38.3. The lowest BCUT2D eigenvalue weighted by Gasteiger charge is -2.33. The average molecular weight is 363 g/mol. The Kier molecular flexibility index (Phi) is 6.97. The molecule has 8 heteroatoms. The number of hydrogen-bond donors (Lipinski definition) is 1. The molecule has 26 heavy (non-hydrogen) atoms. The van der Waals surface area contributed by atoms with E-state index < -0.39 is 18.1 Å². The second-order valence-corrected chi connectivity index (χ2v) is 6.07. The van der Waals surface area contributed by atoms with Crippen LogP contribution in [0.5, 0.6) is 5.75 Å². The van der Waals surface area contributed by atoms with Gasteiger partial charge in [-0.2, -0.15) is 0 Å². The van der Waals surface area contributed by atoms with Crippen LogP contribution < -0.4 is 10.5 Å². The second-order valence-electron chi connectivity index (χ2n) is 6.07. The molecule has 2 amide bonds. The minimum absolute atomic E-state index is 0.00892. The minimum Gasteiger partial charge on any atom is -0.465 e. The molecular weight excluding hydrogens is 338 g/mol. The van der Waals surface area contributed by atoms with Gasteiger partial charge in [0.05, 0.1) is 6.61 Å². The van der Waals surface area contributed by atoms with Crippen LogP contribution in [0, 0.1) is 0 Å².